The summed E-state index contributed by atoms with van der Waals surface area (Å²) in [5, 5.41) is 0.113. The second kappa shape index (κ2) is 7.00. The van der Waals surface area contributed by atoms with Crippen molar-refractivity contribution in [1.82, 2.24) is 9.88 Å². The molecule has 0 saturated carbocycles. The highest BCUT2D eigenvalue weighted by molar-refractivity contribution is 8.00. The quantitative estimate of drug-likeness (QED) is 0.809. The summed E-state index contributed by atoms with van der Waals surface area (Å²) in [6, 6.07) is 14.0. The molecule has 1 fully saturated rings. The van der Waals surface area contributed by atoms with Gasteiger partial charge in [-0.05, 0) is 18.2 Å². The molecule has 1 atom stereocenters. The van der Waals surface area contributed by atoms with Crippen LogP contribution in [0.25, 0.3) is 0 Å². The molecule has 1 saturated heterocycles. The summed E-state index contributed by atoms with van der Waals surface area (Å²) in [6.45, 7) is 0.818. The minimum Gasteiger partial charge on any atom is -0.325 e. The highest BCUT2D eigenvalue weighted by Crippen LogP contribution is 2.37. The van der Waals surface area contributed by atoms with Crippen LogP contribution >= 0.6 is 23.5 Å². The Morgan fingerprint density at radius 3 is 2.90 bits per heavy atom. The first-order chi connectivity index (χ1) is 10.3. The van der Waals surface area contributed by atoms with Gasteiger partial charge in [-0.25, -0.2) is 0 Å². The van der Waals surface area contributed by atoms with E-state index in [1.54, 1.807) is 18.0 Å². The van der Waals surface area contributed by atoms with Crippen molar-refractivity contribution >= 4 is 29.4 Å². The van der Waals surface area contributed by atoms with Crippen molar-refractivity contribution in [2.45, 2.75) is 10.3 Å². The average Bonchev–Trinajstić information content (AvgIpc) is 3.04. The number of benzene rings is 1. The molecule has 1 aromatic heterocycles. The predicted octanol–water partition coefficient (Wildman–Crippen LogP) is 3.45. The number of thioether (sulfide) groups is 2. The van der Waals surface area contributed by atoms with Gasteiger partial charge in [0.25, 0.3) is 0 Å². The molecule has 3 nitrogen and oxygen atoms in total. The van der Waals surface area contributed by atoms with Gasteiger partial charge in [0.05, 0.1) is 5.75 Å². The van der Waals surface area contributed by atoms with E-state index in [1.807, 2.05) is 65.3 Å². The topological polar surface area (TPSA) is 33.2 Å². The summed E-state index contributed by atoms with van der Waals surface area (Å²) in [5.41, 5.74) is 1.11. The van der Waals surface area contributed by atoms with Crippen molar-refractivity contribution in [2.24, 2.45) is 0 Å². The molecule has 2 heterocycles. The molecule has 0 bridgehead atoms. The standard InChI is InChI=1S/C16H16N2OS2/c19-15(12-21-14-6-2-1-3-7-14)18-9-10-20-16(18)13-5-4-8-17-11-13/h1-8,11,16H,9-10,12H2. The van der Waals surface area contributed by atoms with Crippen LogP contribution < -0.4 is 0 Å². The molecule has 1 aliphatic heterocycles. The van der Waals surface area contributed by atoms with Crippen LogP contribution in [-0.4, -0.2) is 33.8 Å². The molecular formula is C16H16N2OS2. The Kier molecular flexibility index (Phi) is 4.83. The zero-order valence-electron chi connectivity index (χ0n) is 11.5. The van der Waals surface area contributed by atoms with Crippen LogP contribution in [0.2, 0.25) is 0 Å². The van der Waals surface area contributed by atoms with E-state index >= 15 is 0 Å². The van der Waals surface area contributed by atoms with Crippen LogP contribution in [0.5, 0.6) is 0 Å². The summed E-state index contributed by atoms with van der Waals surface area (Å²) < 4.78 is 0. The third kappa shape index (κ3) is 3.60. The van der Waals surface area contributed by atoms with Gasteiger partial charge in [0.1, 0.15) is 5.37 Å². The first-order valence-electron chi connectivity index (χ1n) is 6.83. The van der Waals surface area contributed by atoms with E-state index in [0.29, 0.717) is 5.75 Å². The number of carbonyl (C=O) groups is 1. The highest BCUT2D eigenvalue weighted by atomic mass is 32.2. The first kappa shape index (κ1) is 14.5. The minimum atomic E-state index is 0.113. The van der Waals surface area contributed by atoms with Gasteiger partial charge in [-0.15, -0.1) is 23.5 Å². The van der Waals surface area contributed by atoms with E-state index in [1.165, 1.54) is 0 Å². The van der Waals surface area contributed by atoms with Crippen LogP contribution in [0, 0.1) is 0 Å². The fourth-order valence-corrected chi connectivity index (χ4v) is 4.33. The minimum absolute atomic E-state index is 0.113. The third-order valence-corrected chi connectivity index (χ3v) is 5.54. The molecule has 1 amide bonds. The van der Waals surface area contributed by atoms with E-state index in [0.717, 1.165) is 22.8 Å². The van der Waals surface area contributed by atoms with E-state index in [-0.39, 0.29) is 11.3 Å². The van der Waals surface area contributed by atoms with Gasteiger partial charge in [0, 0.05) is 35.2 Å². The second-order valence-electron chi connectivity index (χ2n) is 4.70. The Bertz CT molecular complexity index is 592. The third-order valence-electron chi connectivity index (χ3n) is 3.29. The molecule has 1 aromatic carbocycles. The van der Waals surface area contributed by atoms with Crippen LogP contribution in [0.3, 0.4) is 0 Å². The molecule has 0 radical (unpaired) electrons. The monoisotopic (exact) mass is 316 g/mol. The van der Waals surface area contributed by atoms with Crippen molar-refractivity contribution in [2.75, 3.05) is 18.1 Å². The van der Waals surface area contributed by atoms with Crippen LogP contribution in [0.4, 0.5) is 0 Å². The number of hydrogen-bond acceptors (Lipinski definition) is 4. The summed E-state index contributed by atoms with van der Waals surface area (Å²) in [6.07, 6.45) is 3.62. The average molecular weight is 316 g/mol. The Labute approximate surface area is 133 Å². The summed E-state index contributed by atoms with van der Waals surface area (Å²) in [4.78, 5) is 19.7. The number of rotatable bonds is 4. The number of amides is 1. The Morgan fingerprint density at radius 1 is 1.29 bits per heavy atom. The van der Waals surface area contributed by atoms with Gasteiger partial charge in [-0.3, -0.25) is 9.78 Å². The van der Waals surface area contributed by atoms with E-state index in [2.05, 4.69) is 4.98 Å². The largest absolute Gasteiger partial charge is 0.325 e. The molecule has 0 spiro atoms. The zero-order chi connectivity index (χ0) is 14.5. The van der Waals surface area contributed by atoms with Gasteiger partial charge in [-0.2, -0.15) is 0 Å². The fourth-order valence-electron chi connectivity index (χ4n) is 2.27. The van der Waals surface area contributed by atoms with Gasteiger partial charge in [0.15, 0.2) is 0 Å². The van der Waals surface area contributed by atoms with Crippen LogP contribution in [0.15, 0.2) is 59.8 Å². The maximum absolute atomic E-state index is 12.5. The van der Waals surface area contributed by atoms with Gasteiger partial charge in [-0.1, -0.05) is 24.3 Å². The maximum atomic E-state index is 12.5. The number of pyridine rings is 1. The lowest BCUT2D eigenvalue weighted by molar-refractivity contribution is -0.128. The SMILES string of the molecule is O=C(CSc1ccccc1)N1CCSC1c1cccnc1. The summed E-state index contributed by atoms with van der Waals surface area (Å²) >= 11 is 3.41. The first-order valence-corrected chi connectivity index (χ1v) is 8.87. The molecule has 21 heavy (non-hydrogen) atoms. The zero-order valence-corrected chi connectivity index (χ0v) is 13.1. The van der Waals surface area contributed by atoms with Crippen molar-refractivity contribution in [3.8, 4) is 0 Å². The molecule has 5 heteroatoms. The second-order valence-corrected chi connectivity index (χ2v) is 6.94. The lowest BCUT2D eigenvalue weighted by Crippen LogP contribution is -2.31. The van der Waals surface area contributed by atoms with Crippen LogP contribution in [0.1, 0.15) is 10.9 Å². The van der Waals surface area contributed by atoms with Gasteiger partial charge >= 0.3 is 0 Å². The van der Waals surface area contributed by atoms with Crippen molar-refractivity contribution in [1.29, 1.82) is 0 Å². The van der Waals surface area contributed by atoms with E-state index in [9.17, 15) is 4.79 Å². The Balaban J connectivity index is 1.64. The van der Waals surface area contributed by atoms with Crippen molar-refractivity contribution in [3.63, 3.8) is 0 Å². The van der Waals surface area contributed by atoms with Crippen LogP contribution in [-0.2, 0) is 4.79 Å². The van der Waals surface area contributed by atoms with Gasteiger partial charge < -0.3 is 4.90 Å². The molecule has 2 aromatic rings. The number of hydrogen-bond donors (Lipinski definition) is 0. The smallest absolute Gasteiger partial charge is 0.234 e. The normalized spacial score (nSPS) is 17.9. The molecule has 0 N–H and O–H groups in total. The van der Waals surface area contributed by atoms with Crippen molar-refractivity contribution in [3.05, 3.63) is 60.4 Å². The lowest BCUT2D eigenvalue weighted by atomic mass is 10.2. The molecule has 1 unspecified atom stereocenters. The van der Waals surface area contributed by atoms with E-state index < -0.39 is 0 Å². The number of aromatic nitrogens is 1. The maximum Gasteiger partial charge on any atom is 0.234 e. The molecule has 108 valence electrons. The summed E-state index contributed by atoms with van der Waals surface area (Å²) in [5.74, 6) is 1.67. The Hall–Kier alpha value is -1.46. The molecular weight excluding hydrogens is 300 g/mol. The molecule has 0 aliphatic carbocycles. The fraction of sp³-hybridized carbons (Fsp3) is 0.250. The predicted molar refractivity (Wildman–Crippen MR) is 88.3 cm³/mol. The number of carbonyl (C=O) groups excluding carboxylic acids is 1. The van der Waals surface area contributed by atoms with Gasteiger partial charge in [0.2, 0.25) is 5.91 Å². The van der Waals surface area contributed by atoms with Crippen molar-refractivity contribution < 1.29 is 4.79 Å². The van der Waals surface area contributed by atoms with E-state index in [4.69, 9.17) is 0 Å². The summed E-state index contributed by atoms with van der Waals surface area (Å²) in [7, 11) is 0. The molecule has 1 aliphatic rings. The lowest BCUT2D eigenvalue weighted by Gasteiger charge is -2.23. The molecule has 3 rings (SSSR count). The Morgan fingerprint density at radius 2 is 2.14 bits per heavy atom. The number of nitrogens with zero attached hydrogens (tertiary/aromatic N) is 2. The highest BCUT2D eigenvalue weighted by Gasteiger charge is 2.30.